The fourth-order valence-electron chi connectivity index (χ4n) is 3.38. The quantitative estimate of drug-likeness (QED) is 0.223. The summed E-state index contributed by atoms with van der Waals surface area (Å²) >= 11 is 3.30. The minimum atomic E-state index is -0.628. The normalized spacial score (nSPS) is 11.8. The van der Waals surface area contributed by atoms with Crippen molar-refractivity contribution in [3.63, 3.8) is 0 Å². The lowest BCUT2D eigenvalue weighted by molar-refractivity contribution is 0.0511. The number of aromatic nitrogens is 4. The van der Waals surface area contributed by atoms with Crippen molar-refractivity contribution in [2.45, 2.75) is 65.0 Å². The Hall–Kier alpha value is -3.34. The monoisotopic (exact) mass is 578 g/mol. The molecule has 0 spiro atoms. The van der Waals surface area contributed by atoms with Gasteiger partial charge >= 0.3 is 12.2 Å². The molecule has 11 heteroatoms. The van der Waals surface area contributed by atoms with Crippen LogP contribution in [0.25, 0.3) is 21.8 Å². The van der Waals surface area contributed by atoms with Gasteiger partial charge in [0.05, 0.1) is 22.4 Å². The summed E-state index contributed by atoms with van der Waals surface area (Å²) in [6.07, 6.45) is -1.22. The van der Waals surface area contributed by atoms with E-state index in [2.05, 4.69) is 26.1 Å². The number of halogens is 3. The van der Waals surface area contributed by atoms with E-state index >= 15 is 0 Å². The van der Waals surface area contributed by atoms with E-state index in [9.17, 15) is 18.4 Å². The first-order valence-corrected chi connectivity index (χ1v) is 12.6. The molecule has 0 aliphatic carbocycles. The number of benzene rings is 2. The largest absolute Gasteiger partial charge is 0.442 e. The van der Waals surface area contributed by atoms with Crippen LogP contribution in [0.15, 0.2) is 36.4 Å². The molecule has 0 atom stereocenters. The average molecular weight is 579 g/mol. The van der Waals surface area contributed by atoms with E-state index in [0.29, 0.717) is 27.8 Å². The highest BCUT2D eigenvalue weighted by Crippen LogP contribution is 2.23. The summed E-state index contributed by atoms with van der Waals surface area (Å²) in [6, 6.07) is 8.45. The van der Waals surface area contributed by atoms with Crippen molar-refractivity contribution in [3.8, 4) is 0 Å². The zero-order chi connectivity index (χ0) is 27.7. The van der Waals surface area contributed by atoms with Crippen LogP contribution in [0, 0.1) is 18.6 Å². The van der Waals surface area contributed by atoms with Crippen molar-refractivity contribution in [2.24, 2.45) is 0 Å². The van der Waals surface area contributed by atoms with E-state index in [4.69, 9.17) is 9.47 Å². The number of carbonyl (C=O) groups excluding carboxylic acids is 2. The third-order valence-electron chi connectivity index (χ3n) is 4.81. The Morgan fingerprint density at radius 3 is 1.70 bits per heavy atom. The molecule has 4 rings (SSSR count). The van der Waals surface area contributed by atoms with Gasteiger partial charge < -0.3 is 9.47 Å². The topological polar surface area (TPSA) is 88.2 Å². The third-order valence-corrected chi connectivity index (χ3v) is 5.34. The first kappa shape index (κ1) is 28.2. The second kappa shape index (κ2) is 10.6. The molecule has 0 saturated heterocycles. The molecule has 0 fully saturated rings. The molecular weight excluding hydrogens is 550 g/mol. The fourth-order valence-corrected chi connectivity index (χ4v) is 3.80. The van der Waals surface area contributed by atoms with Crippen LogP contribution >= 0.6 is 15.9 Å². The summed E-state index contributed by atoms with van der Waals surface area (Å²) in [5, 5.41) is 10.2. The summed E-state index contributed by atoms with van der Waals surface area (Å²) in [4.78, 5) is 24.0. The molecule has 2 heterocycles. The van der Waals surface area contributed by atoms with E-state index in [1.165, 1.54) is 24.3 Å². The lowest BCUT2D eigenvalue weighted by Crippen LogP contribution is -2.27. The lowest BCUT2D eigenvalue weighted by Gasteiger charge is -2.19. The summed E-state index contributed by atoms with van der Waals surface area (Å²) in [5.41, 5.74) is 0.913. The molecule has 0 saturated carbocycles. The van der Waals surface area contributed by atoms with Gasteiger partial charge in [0.15, 0.2) is 0 Å². The highest BCUT2D eigenvalue weighted by atomic mass is 79.9. The summed E-state index contributed by atoms with van der Waals surface area (Å²) in [6.45, 7) is 12.4. The maximum absolute atomic E-state index is 13.3. The highest BCUT2D eigenvalue weighted by Gasteiger charge is 2.23. The van der Waals surface area contributed by atoms with Crippen molar-refractivity contribution in [2.75, 3.05) is 0 Å². The Labute approximate surface area is 221 Å². The molecule has 4 aromatic rings. The maximum atomic E-state index is 13.3. The molecule has 2 aromatic heterocycles. The van der Waals surface area contributed by atoms with Crippen molar-refractivity contribution >= 4 is 49.9 Å². The zero-order valence-electron chi connectivity index (χ0n) is 21.7. The molecule has 8 nitrogen and oxygen atoms in total. The summed E-state index contributed by atoms with van der Waals surface area (Å²) in [7, 11) is 0. The number of rotatable bonds is 1. The maximum Gasteiger partial charge on any atom is 0.435 e. The average Bonchev–Trinajstić information content (AvgIpc) is 3.29. The summed E-state index contributed by atoms with van der Waals surface area (Å²) in [5.74, 6) is -0.828. The molecule has 0 aliphatic rings. The van der Waals surface area contributed by atoms with Crippen LogP contribution in [0.5, 0.6) is 0 Å². The number of fused-ring (bicyclic) bond motifs is 2. The predicted octanol–water partition coefficient (Wildman–Crippen LogP) is 7.12. The Kier molecular flexibility index (Phi) is 8.06. The number of hydrogen-bond acceptors (Lipinski definition) is 6. The minimum absolute atomic E-state index is 0.406. The van der Waals surface area contributed by atoms with Crippen LogP contribution in [0.1, 0.15) is 52.9 Å². The van der Waals surface area contributed by atoms with Crippen molar-refractivity contribution in [1.29, 1.82) is 0 Å². The Balaban J connectivity index is 0.000000206. The van der Waals surface area contributed by atoms with Crippen LogP contribution in [-0.4, -0.2) is 42.9 Å². The fraction of sp³-hybridized carbons (Fsp3) is 0.385. The van der Waals surface area contributed by atoms with Crippen molar-refractivity contribution < 1.29 is 27.8 Å². The molecule has 198 valence electrons. The van der Waals surface area contributed by atoms with Gasteiger partial charge in [0, 0.05) is 28.2 Å². The molecular formula is C26H29BrF2N4O4. The Morgan fingerprint density at radius 2 is 1.24 bits per heavy atom. The van der Waals surface area contributed by atoms with Crippen LogP contribution < -0.4 is 0 Å². The second-order valence-electron chi connectivity index (χ2n) is 10.3. The van der Waals surface area contributed by atoms with Gasteiger partial charge in [0.1, 0.15) is 22.8 Å². The number of hydrogen-bond donors (Lipinski definition) is 0. The molecule has 0 unspecified atom stereocenters. The number of aryl methyl sites for hydroxylation is 1. The van der Waals surface area contributed by atoms with Gasteiger partial charge in [-0.2, -0.15) is 19.6 Å². The van der Waals surface area contributed by atoms with Crippen LogP contribution in [0.3, 0.4) is 0 Å². The lowest BCUT2D eigenvalue weighted by atomic mass is 10.2. The number of ether oxygens (including phenoxy) is 2. The SMILES string of the molecule is CC(C)(C)OC(=O)n1nc(CBr)c2ccc(F)cc21.Cc1nn(C(=O)OC(C)(C)C)c2cc(F)ccc12. The standard InChI is InChI=1S/C13H14BrFN2O2.C13H15FN2O2/c1-13(2,3)19-12(18)17-11-6-8(15)4-5-9(11)10(7-14)16-17;1-8-10-6-5-9(14)7-11(10)16(15-8)12(17)18-13(2,3)4/h4-6H,7H2,1-3H3;5-7H,1-4H3. The molecule has 2 aromatic carbocycles. The van der Waals surface area contributed by atoms with Crippen molar-refractivity contribution in [3.05, 3.63) is 59.4 Å². The van der Waals surface area contributed by atoms with E-state index in [1.54, 1.807) is 60.6 Å². The van der Waals surface area contributed by atoms with Gasteiger partial charge in [0.2, 0.25) is 0 Å². The second-order valence-corrected chi connectivity index (χ2v) is 10.8. The molecule has 0 N–H and O–H groups in total. The zero-order valence-corrected chi connectivity index (χ0v) is 23.3. The number of alkyl halides is 1. The van der Waals surface area contributed by atoms with Gasteiger partial charge in [0.25, 0.3) is 0 Å². The summed E-state index contributed by atoms with van der Waals surface area (Å²) < 4.78 is 39.2. The van der Waals surface area contributed by atoms with Crippen LogP contribution in [-0.2, 0) is 14.8 Å². The predicted molar refractivity (Wildman–Crippen MR) is 140 cm³/mol. The van der Waals surface area contributed by atoms with Gasteiger partial charge in [-0.25, -0.2) is 18.4 Å². The van der Waals surface area contributed by atoms with Gasteiger partial charge in [-0.1, -0.05) is 15.9 Å². The minimum Gasteiger partial charge on any atom is -0.442 e. The third kappa shape index (κ3) is 6.91. The van der Waals surface area contributed by atoms with Gasteiger partial charge in [-0.15, -0.1) is 0 Å². The van der Waals surface area contributed by atoms with Gasteiger partial charge in [-0.05, 0) is 72.7 Å². The number of carbonyl (C=O) groups is 2. The van der Waals surface area contributed by atoms with E-state index < -0.39 is 35.0 Å². The molecule has 0 bridgehead atoms. The molecule has 0 aliphatic heterocycles. The molecule has 0 amide bonds. The molecule has 37 heavy (non-hydrogen) atoms. The Bertz CT molecular complexity index is 1470. The first-order chi connectivity index (χ1) is 17.1. The highest BCUT2D eigenvalue weighted by molar-refractivity contribution is 9.08. The van der Waals surface area contributed by atoms with Crippen molar-refractivity contribution in [1.82, 2.24) is 19.6 Å². The van der Waals surface area contributed by atoms with E-state index in [-0.39, 0.29) is 0 Å². The van der Waals surface area contributed by atoms with Crippen LogP contribution in [0.2, 0.25) is 0 Å². The molecule has 0 radical (unpaired) electrons. The van der Waals surface area contributed by atoms with Crippen LogP contribution in [0.4, 0.5) is 18.4 Å². The van der Waals surface area contributed by atoms with E-state index in [1.807, 2.05) is 0 Å². The van der Waals surface area contributed by atoms with E-state index in [0.717, 1.165) is 20.1 Å². The Morgan fingerprint density at radius 1 is 0.811 bits per heavy atom. The first-order valence-electron chi connectivity index (χ1n) is 11.4. The smallest absolute Gasteiger partial charge is 0.435 e. The van der Waals surface area contributed by atoms with Gasteiger partial charge in [-0.3, -0.25) is 0 Å². The number of nitrogens with zero attached hydrogens (tertiary/aromatic N) is 4.